The lowest BCUT2D eigenvalue weighted by Gasteiger charge is -2.10. The minimum atomic E-state index is -0.157. The highest BCUT2D eigenvalue weighted by Gasteiger charge is 2.09. The molecule has 3 nitrogen and oxygen atoms in total. The Morgan fingerprint density at radius 1 is 1.10 bits per heavy atom. The summed E-state index contributed by atoms with van der Waals surface area (Å²) in [6, 6.07) is 12.5. The van der Waals surface area contributed by atoms with E-state index in [1.165, 1.54) is 0 Å². The molecular weight excluding hydrogens is 295 g/mol. The molecule has 0 aliphatic rings. The summed E-state index contributed by atoms with van der Waals surface area (Å²) in [5.41, 5.74) is 8.03. The maximum Gasteiger partial charge on any atom is 0.228 e. The van der Waals surface area contributed by atoms with E-state index in [9.17, 15) is 4.79 Å². The summed E-state index contributed by atoms with van der Waals surface area (Å²) < 4.78 is 0. The summed E-state index contributed by atoms with van der Waals surface area (Å²) >= 11 is 11.9. The van der Waals surface area contributed by atoms with Crippen molar-refractivity contribution in [3.8, 4) is 0 Å². The van der Waals surface area contributed by atoms with Crippen LogP contribution in [0.5, 0.6) is 0 Å². The highest BCUT2D eigenvalue weighted by Crippen LogP contribution is 2.25. The summed E-state index contributed by atoms with van der Waals surface area (Å²) in [7, 11) is 0. The molecule has 2 rings (SSSR count). The van der Waals surface area contributed by atoms with Crippen molar-refractivity contribution in [2.75, 3.05) is 5.32 Å². The molecule has 0 unspecified atom stereocenters. The number of hydrogen-bond acceptors (Lipinski definition) is 2. The number of carbonyl (C=O) groups excluding carboxylic acids is 1. The molecule has 0 aliphatic carbocycles. The highest BCUT2D eigenvalue weighted by atomic mass is 35.5. The van der Waals surface area contributed by atoms with Crippen molar-refractivity contribution in [2.24, 2.45) is 5.73 Å². The lowest BCUT2D eigenvalue weighted by atomic mass is 10.0. The zero-order valence-corrected chi connectivity index (χ0v) is 12.2. The molecule has 0 radical (unpaired) electrons. The SMILES string of the molecule is NCc1ccccc1CC(=O)Nc1cc(Cl)ccc1Cl. The second-order valence-corrected chi connectivity index (χ2v) is 5.17. The van der Waals surface area contributed by atoms with Crippen molar-refractivity contribution in [1.29, 1.82) is 0 Å². The molecule has 1 amide bonds. The van der Waals surface area contributed by atoms with Crippen molar-refractivity contribution in [1.82, 2.24) is 0 Å². The van der Waals surface area contributed by atoms with E-state index in [1.54, 1.807) is 18.2 Å². The van der Waals surface area contributed by atoms with Gasteiger partial charge >= 0.3 is 0 Å². The molecule has 0 heterocycles. The van der Waals surface area contributed by atoms with Crippen LogP contribution in [0.2, 0.25) is 10.0 Å². The summed E-state index contributed by atoms with van der Waals surface area (Å²) in [4.78, 5) is 12.1. The normalized spacial score (nSPS) is 10.3. The summed E-state index contributed by atoms with van der Waals surface area (Å²) in [6.45, 7) is 0.404. The number of hydrogen-bond donors (Lipinski definition) is 2. The minimum absolute atomic E-state index is 0.157. The van der Waals surface area contributed by atoms with E-state index in [4.69, 9.17) is 28.9 Å². The van der Waals surface area contributed by atoms with Crippen molar-refractivity contribution >= 4 is 34.8 Å². The van der Waals surface area contributed by atoms with Gasteiger partial charge in [0.2, 0.25) is 5.91 Å². The van der Waals surface area contributed by atoms with E-state index in [0.717, 1.165) is 11.1 Å². The van der Waals surface area contributed by atoms with Crippen LogP contribution < -0.4 is 11.1 Å². The Kier molecular flexibility index (Phi) is 5.01. The lowest BCUT2D eigenvalue weighted by Crippen LogP contribution is -2.16. The van der Waals surface area contributed by atoms with Crippen molar-refractivity contribution in [2.45, 2.75) is 13.0 Å². The number of amides is 1. The first kappa shape index (κ1) is 14.9. The summed E-state index contributed by atoms with van der Waals surface area (Å²) in [5, 5.41) is 3.73. The van der Waals surface area contributed by atoms with Crippen molar-refractivity contribution < 1.29 is 4.79 Å². The van der Waals surface area contributed by atoms with Gasteiger partial charge in [-0.2, -0.15) is 0 Å². The van der Waals surface area contributed by atoms with Gasteiger partial charge in [0, 0.05) is 11.6 Å². The van der Waals surface area contributed by atoms with Gasteiger partial charge in [-0.25, -0.2) is 0 Å². The fourth-order valence-corrected chi connectivity index (χ4v) is 2.23. The Morgan fingerprint density at radius 2 is 1.80 bits per heavy atom. The van der Waals surface area contributed by atoms with E-state index in [-0.39, 0.29) is 12.3 Å². The van der Waals surface area contributed by atoms with Gasteiger partial charge in [-0.15, -0.1) is 0 Å². The van der Waals surface area contributed by atoms with Crippen molar-refractivity contribution in [3.05, 3.63) is 63.6 Å². The van der Waals surface area contributed by atoms with Gasteiger partial charge in [0.25, 0.3) is 0 Å². The zero-order chi connectivity index (χ0) is 14.5. The average Bonchev–Trinajstić information content (AvgIpc) is 2.43. The van der Waals surface area contributed by atoms with Gasteiger partial charge in [-0.1, -0.05) is 47.5 Å². The third-order valence-electron chi connectivity index (χ3n) is 2.89. The third-order valence-corrected chi connectivity index (χ3v) is 3.46. The first-order chi connectivity index (χ1) is 9.60. The number of nitrogens with one attached hydrogen (secondary N) is 1. The van der Waals surface area contributed by atoms with Gasteiger partial charge in [0.05, 0.1) is 17.1 Å². The maximum absolute atomic E-state index is 12.1. The Balaban J connectivity index is 2.11. The molecule has 5 heteroatoms. The average molecular weight is 309 g/mol. The van der Waals surface area contributed by atoms with Gasteiger partial charge in [-0.3, -0.25) is 4.79 Å². The van der Waals surface area contributed by atoms with Crippen LogP contribution in [0.4, 0.5) is 5.69 Å². The van der Waals surface area contributed by atoms with E-state index in [1.807, 2.05) is 24.3 Å². The van der Waals surface area contributed by atoms with E-state index in [2.05, 4.69) is 5.32 Å². The second kappa shape index (κ2) is 6.75. The second-order valence-electron chi connectivity index (χ2n) is 4.32. The molecule has 0 aromatic heterocycles. The molecule has 2 aromatic rings. The standard InChI is InChI=1S/C15H14Cl2N2O/c16-12-5-6-13(17)14(8-12)19-15(20)7-10-3-1-2-4-11(10)9-18/h1-6,8H,7,9,18H2,(H,19,20). The van der Waals surface area contributed by atoms with E-state index in [0.29, 0.717) is 22.3 Å². The van der Waals surface area contributed by atoms with Crippen LogP contribution in [0.25, 0.3) is 0 Å². The molecule has 0 spiro atoms. The molecule has 0 saturated carbocycles. The summed E-state index contributed by atoms with van der Waals surface area (Å²) in [6.07, 6.45) is 0.246. The minimum Gasteiger partial charge on any atom is -0.326 e. The predicted molar refractivity (Wildman–Crippen MR) is 83.1 cm³/mol. The number of carbonyl (C=O) groups is 1. The molecule has 2 aromatic carbocycles. The lowest BCUT2D eigenvalue weighted by molar-refractivity contribution is -0.115. The number of anilines is 1. The molecular formula is C15H14Cl2N2O. The van der Waals surface area contributed by atoms with Crippen LogP contribution in [-0.2, 0) is 17.8 Å². The highest BCUT2D eigenvalue weighted by molar-refractivity contribution is 6.35. The first-order valence-electron chi connectivity index (χ1n) is 6.12. The van der Waals surface area contributed by atoms with Crippen LogP contribution in [0.3, 0.4) is 0 Å². The number of benzene rings is 2. The van der Waals surface area contributed by atoms with Gasteiger partial charge in [-0.05, 0) is 29.3 Å². The molecule has 0 bridgehead atoms. The third kappa shape index (κ3) is 3.73. The quantitative estimate of drug-likeness (QED) is 0.906. The van der Waals surface area contributed by atoms with Crippen LogP contribution in [0.1, 0.15) is 11.1 Å². The van der Waals surface area contributed by atoms with Crippen LogP contribution in [0.15, 0.2) is 42.5 Å². The number of nitrogens with two attached hydrogens (primary N) is 1. The summed E-state index contributed by atoms with van der Waals surface area (Å²) in [5.74, 6) is -0.157. The zero-order valence-electron chi connectivity index (χ0n) is 10.7. The van der Waals surface area contributed by atoms with Gasteiger partial charge in [0.1, 0.15) is 0 Å². The first-order valence-corrected chi connectivity index (χ1v) is 6.87. The Labute approximate surface area is 127 Å². The molecule has 20 heavy (non-hydrogen) atoms. The Bertz CT molecular complexity index is 629. The molecule has 0 aliphatic heterocycles. The molecule has 0 saturated heterocycles. The molecule has 104 valence electrons. The van der Waals surface area contributed by atoms with Crippen LogP contribution in [-0.4, -0.2) is 5.91 Å². The Morgan fingerprint density at radius 3 is 2.50 bits per heavy atom. The predicted octanol–water partition coefficient (Wildman–Crippen LogP) is 3.63. The largest absolute Gasteiger partial charge is 0.326 e. The van der Waals surface area contributed by atoms with Crippen molar-refractivity contribution in [3.63, 3.8) is 0 Å². The topological polar surface area (TPSA) is 55.1 Å². The molecule has 3 N–H and O–H groups in total. The van der Waals surface area contributed by atoms with Gasteiger partial charge in [0.15, 0.2) is 0 Å². The van der Waals surface area contributed by atoms with Crippen LogP contribution in [0, 0.1) is 0 Å². The molecule has 0 atom stereocenters. The van der Waals surface area contributed by atoms with E-state index < -0.39 is 0 Å². The maximum atomic E-state index is 12.1. The van der Waals surface area contributed by atoms with Gasteiger partial charge < -0.3 is 11.1 Å². The number of halogens is 2. The van der Waals surface area contributed by atoms with E-state index >= 15 is 0 Å². The molecule has 0 fully saturated rings. The smallest absolute Gasteiger partial charge is 0.228 e. The fourth-order valence-electron chi connectivity index (χ4n) is 1.89. The van der Waals surface area contributed by atoms with Crippen LogP contribution >= 0.6 is 23.2 Å². The monoisotopic (exact) mass is 308 g/mol. The number of rotatable bonds is 4. The fraction of sp³-hybridized carbons (Fsp3) is 0.133. The Hall–Kier alpha value is -1.55.